The zero-order chi connectivity index (χ0) is 14.0. The maximum absolute atomic E-state index is 4.53. The zero-order valence-corrected chi connectivity index (χ0v) is 13.4. The molecular weight excluding hydrogens is 306 g/mol. The first-order chi connectivity index (χ1) is 9.06. The molecule has 5 nitrogen and oxygen atoms in total. The van der Waals surface area contributed by atoms with Crippen LogP contribution in [0, 0.1) is 0 Å². The van der Waals surface area contributed by atoms with Crippen LogP contribution in [-0.2, 0) is 26.9 Å². The van der Waals surface area contributed by atoms with Gasteiger partial charge in [0.15, 0.2) is 0 Å². The second-order valence-corrected chi connectivity index (χ2v) is 5.49. The molecule has 2 aromatic rings. The van der Waals surface area contributed by atoms with Crippen molar-refractivity contribution in [3.05, 3.63) is 34.1 Å². The van der Waals surface area contributed by atoms with Crippen molar-refractivity contribution >= 4 is 15.9 Å². The minimum atomic E-state index is 0.192. The normalized spacial score (nSPS) is 12.9. The van der Waals surface area contributed by atoms with Crippen molar-refractivity contribution in [3.63, 3.8) is 0 Å². The molecular formula is C13H20BrN5. The number of nitrogens with one attached hydrogen (secondary N) is 1. The molecule has 0 fully saturated rings. The van der Waals surface area contributed by atoms with Crippen LogP contribution in [0.2, 0.25) is 0 Å². The zero-order valence-electron chi connectivity index (χ0n) is 11.8. The topological polar surface area (TPSA) is 47.7 Å². The van der Waals surface area contributed by atoms with Gasteiger partial charge >= 0.3 is 0 Å². The van der Waals surface area contributed by atoms with Crippen molar-refractivity contribution in [1.82, 2.24) is 24.6 Å². The van der Waals surface area contributed by atoms with Crippen LogP contribution in [0.4, 0.5) is 0 Å². The van der Waals surface area contributed by atoms with E-state index in [1.54, 1.807) is 0 Å². The Morgan fingerprint density at radius 3 is 2.63 bits per heavy atom. The minimum Gasteiger partial charge on any atom is -0.340 e. The van der Waals surface area contributed by atoms with Crippen molar-refractivity contribution in [2.75, 3.05) is 7.05 Å². The maximum atomic E-state index is 4.53. The highest BCUT2D eigenvalue weighted by atomic mass is 79.9. The highest BCUT2D eigenvalue weighted by Crippen LogP contribution is 2.26. The average Bonchev–Trinajstić information content (AvgIpc) is 2.92. The Hall–Kier alpha value is -1.14. The van der Waals surface area contributed by atoms with Crippen LogP contribution < -0.4 is 5.32 Å². The summed E-state index contributed by atoms with van der Waals surface area (Å²) in [6.45, 7) is 2.12. The molecule has 6 heteroatoms. The molecule has 0 saturated heterocycles. The maximum Gasteiger partial charge on any atom is 0.0947 e. The second-order valence-electron chi connectivity index (χ2n) is 4.69. The Kier molecular flexibility index (Phi) is 4.42. The summed E-state index contributed by atoms with van der Waals surface area (Å²) >= 11 is 3.66. The first-order valence-electron chi connectivity index (χ1n) is 6.42. The number of nitrogens with zero attached hydrogens (tertiary/aromatic N) is 4. The third-order valence-corrected chi connectivity index (χ3v) is 4.25. The molecule has 0 radical (unpaired) electrons. The summed E-state index contributed by atoms with van der Waals surface area (Å²) < 4.78 is 5.04. The van der Waals surface area contributed by atoms with Gasteiger partial charge in [0.2, 0.25) is 0 Å². The highest BCUT2D eigenvalue weighted by molar-refractivity contribution is 9.10. The largest absolute Gasteiger partial charge is 0.340 e. The molecule has 19 heavy (non-hydrogen) atoms. The Balaban J connectivity index is 2.26. The Labute approximate surface area is 122 Å². The molecule has 2 aromatic heterocycles. The lowest BCUT2D eigenvalue weighted by Gasteiger charge is -2.14. The van der Waals surface area contributed by atoms with Gasteiger partial charge in [0.1, 0.15) is 0 Å². The van der Waals surface area contributed by atoms with E-state index >= 15 is 0 Å². The van der Waals surface area contributed by atoms with E-state index in [-0.39, 0.29) is 6.04 Å². The second kappa shape index (κ2) is 5.88. The molecule has 0 aliphatic heterocycles. The fourth-order valence-electron chi connectivity index (χ4n) is 2.20. The smallest absolute Gasteiger partial charge is 0.0947 e. The lowest BCUT2D eigenvalue weighted by atomic mass is 10.1. The van der Waals surface area contributed by atoms with Crippen LogP contribution in [-0.4, -0.2) is 26.4 Å². The first-order valence-corrected chi connectivity index (χ1v) is 7.21. The predicted molar refractivity (Wildman–Crippen MR) is 79.0 cm³/mol. The Bertz CT molecular complexity index is 557. The van der Waals surface area contributed by atoms with Crippen LogP contribution in [0.1, 0.15) is 30.0 Å². The van der Waals surface area contributed by atoms with Crippen LogP contribution in [0.5, 0.6) is 0 Å². The van der Waals surface area contributed by atoms with Crippen LogP contribution in [0.25, 0.3) is 0 Å². The quantitative estimate of drug-likeness (QED) is 0.914. The van der Waals surface area contributed by atoms with Gasteiger partial charge < -0.3 is 9.88 Å². The van der Waals surface area contributed by atoms with E-state index in [1.165, 1.54) is 5.69 Å². The summed E-state index contributed by atoms with van der Waals surface area (Å²) in [5, 5.41) is 7.86. The predicted octanol–water partition coefficient (Wildman–Crippen LogP) is 1.98. The highest BCUT2D eigenvalue weighted by Gasteiger charge is 2.19. The number of imidazole rings is 1. The molecule has 2 rings (SSSR count). The molecule has 0 amide bonds. The summed E-state index contributed by atoms with van der Waals surface area (Å²) in [7, 11) is 5.94. The van der Waals surface area contributed by atoms with Crippen LogP contribution in [0.3, 0.4) is 0 Å². The molecule has 1 unspecified atom stereocenters. The monoisotopic (exact) mass is 325 g/mol. The summed E-state index contributed by atoms with van der Waals surface area (Å²) in [4.78, 5) is 4.42. The van der Waals surface area contributed by atoms with Gasteiger partial charge in [0.05, 0.1) is 33.9 Å². The molecule has 0 aromatic carbocycles. The molecule has 0 aliphatic rings. The van der Waals surface area contributed by atoms with Gasteiger partial charge in [0.25, 0.3) is 0 Å². The lowest BCUT2D eigenvalue weighted by Crippen LogP contribution is -2.20. The molecule has 0 spiro atoms. The van der Waals surface area contributed by atoms with Gasteiger partial charge in [-0.1, -0.05) is 6.92 Å². The SMILES string of the molecule is CCc1nn(C)c(CC(NC)c2cn(C)cn2)c1Br. The third-order valence-electron chi connectivity index (χ3n) is 3.33. The molecule has 0 aliphatic carbocycles. The number of hydrogen-bond donors (Lipinski definition) is 1. The van der Waals surface area contributed by atoms with E-state index < -0.39 is 0 Å². The molecule has 1 N–H and O–H groups in total. The fraction of sp³-hybridized carbons (Fsp3) is 0.538. The summed E-state index contributed by atoms with van der Waals surface area (Å²) in [6.07, 6.45) is 5.67. The van der Waals surface area contributed by atoms with Crippen molar-refractivity contribution in [2.45, 2.75) is 25.8 Å². The van der Waals surface area contributed by atoms with Gasteiger partial charge in [0, 0.05) is 26.7 Å². The summed E-state index contributed by atoms with van der Waals surface area (Å²) in [5.74, 6) is 0. The van der Waals surface area contributed by atoms with Gasteiger partial charge in [-0.05, 0) is 29.4 Å². The van der Waals surface area contributed by atoms with Crippen molar-refractivity contribution in [3.8, 4) is 0 Å². The van der Waals surface area contributed by atoms with Crippen molar-refractivity contribution < 1.29 is 0 Å². The fourth-order valence-corrected chi connectivity index (χ4v) is 2.98. The number of halogens is 1. The van der Waals surface area contributed by atoms with E-state index in [0.29, 0.717) is 0 Å². The minimum absolute atomic E-state index is 0.192. The lowest BCUT2D eigenvalue weighted by molar-refractivity contribution is 0.549. The third kappa shape index (κ3) is 2.90. The van der Waals surface area contributed by atoms with E-state index in [1.807, 2.05) is 42.9 Å². The molecule has 104 valence electrons. The molecule has 0 bridgehead atoms. The van der Waals surface area contributed by atoms with Gasteiger partial charge in [-0.2, -0.15) is 5.10 Å². The molecule has 1 atom stereocenters. The number of hydrogen-bond acceptors (Lipinski definition) is 3. The first kappa shape index (κ1) is 14.3. The van der Waals surface area contributed by atoms with Crippen molar-refractivity contribution in [1.29, 1.82) is 0 Å². The van der Waals surface area contributed by atoms with E-state index in [0.717, 1.165) is 28.7 Å². The molecule has 0 saturated carbocycles. The van der Waals surface area contributed by atoms with E-state index in [9.17, 15) is 0 Å². The van der Waals surface area contributed by atoms with Crippen molar-refractivity contribution in [2.24, 2.45) is 14.1 Å². The van der Waals surface area contributed by atoms with Gasteiger partial charge in [-0.25, -0.2) is 4.98 Å². The average molecular weight is 326 g/mol. The summed E-state index contributed by atoms with van der Waals surface area (Å²) in [5.41, 5.74) is 3.35. The van der Waals surface area contributed by atoms with E-state index in [4.69, 9.17) is 0 Å². The number of likely N-dealkylation sites (N-methyl/N-ethyl adjacent to an activating group) is 1. The molecule has 2 heterocycles. The van der Waals surface area contributed by atoms with E-state index in [2.05, 4.69) is 38.3 Å². The number of rotatable bonds is 5. The number of aromatic nitrogens is 4. The standard InChI is InChI=1S/C13H20BrN5/c1-5-9-13(14)12(19(4)17-9)6-10(15-2)11-7-18(3)8-16-11/h7-8,10,15H,5-6H2,1-4H3. The number of aryl methyl sites for hydroxylation is 3. The van der Waals surface area contributed by atoms with Gasteiger partial charge in [-0.3, -0.25) is 4.68 Å². The van der Waals surface area contributed by atoms with Crippen LogP contribution in [0.15, 0.2) is 17.0 Å². The van der Waals surface area contributed by atoms with Gasteiger partial charge in [-0.15, -0.1) is 0 Å². The Morgan fingerprint density at radius 2 is 2.16 bits per heavy atom. The Morgan fingerprint density at radius 1 is 1.42 bits per heavy atom. The summed E-state index contributed by atoms with van der Waals surface area (Å²) in [6, 6.07) is 0.192. The van der Waals surface area contributed by atoms with Crippen LogP contribution >= 0.6 is 15.9 Å².